The number of aliphatic carboxylic acids is 1. The van der Waals surface area contributed by atoms with Gasteiger partial charge in [-0.2, -0.15) is 13.2 Å². The molecule has 0 unspecified atom stereocenters. The highest BCUT2D eigenvalue weighted by Gasteiger charge is 2.34. The van der Waals surface area contributed by atoms with E-state index in [2.05, 4.69) is 10.3 Å². The normalized spacial score (nSPS) is 13.4. The summed E-state index contributed by atoms with van der Waals surface area (Å²) in [5.41, 5.74) is -2.64. The van der Waals surface area contributed by atoms with Crippen molar-refractivity contribution in [3.05, 3.63) is 71.3 Å². The summed E-state index contributed by atoms with van der Waals surface area (Å²) in [5.74, 6) is -2.91. The van der Waals surface area contributed by atoms with Gasteiger partial charge in [-0.25, -0.2) is 9.18 Å². The molecule has 2 N–H and O–H groups in total. The van der Waals surface area contributed by atoms with Crippen molar-refractivity contribution in [2.24, 2.45) is 0 Å². The molecule has 0 spiro atoms. The number of pyridine rings is 1. The zero-order valence-corrected chi connectivity index (χ0v) is 17.7. The van der Waals surface area contributed by atoms with E-state index in [-0.39, 0.29) is 40.8 Å². The maximum atomic E-state index is 14.7. The number of nitrogens with one attached hydrogen (secondary N) is 1. The molecule has 0 radical (unpaired) electrons. The Kier molecular flexibility index (Phi) is 6.57. The number of rotatable bonds is 7. The van der Waals surface area contributed by atoms with E-state index in [1.807, 2.05) is 0 Å². The van der Waals surface area contributed by atoms with Crippen LogP contribution in [0.1, 0.15) is 41.9 Å². The minimum Gasteiger partial charge on any atom is -0.486 e. The number of amides is 1. The van der Waals surface area contributed by atoms with E-state index in [9.17, 15) is 32.3 Å². The number of carboxylic acids is 1. The Hall–Kier alpha value is -3.69. The SMILES string of the molecule is CC[C@@](C)(NC(=O)c1cc(F)c2ccccc2c1OCc1ccc(C(F)(F)F)cn1)C(=O)O. The summed E-state index contributed by atoms with van der Waals surface area (Å²) in [6.07, 6.45) is -3.81. The number of ether oxygens (including phenoxy) is 1. The Bertz CT molecular complexity index is 1200. The van der Waals surface area contributed by atoms with Crippen LogP contribution in [0.5, 0.6) is 5.75 Å². The first kappa shape index (κ1) is 24.0. The number of alkyl halides is 3. The van der Waals surface area contributed by atoms with Crippen molar-refractivity contribution in [2.45, 2.75) is 38.6 Å². The molecule has 1 aromatic heterocycles. The summed E-state index contributed by atoms with van der Waals surface area (Å²) in [4.78, 5) is 28.3. The third kappa shape index (κ3) is 5.05. The molecule has 1 heterocycles. The zero-order chi connectivity index (χ0) is 24.4. The molecule has 6 nitrogen and oxygen atoms in total. The van der Waals surface area contributed by atoms with Gasteiger partial charge in [0.25, 0.3) is 5.91 Å². The molecular formula is C23H20F4N2O4. The molecule has 10 heteroatoms. The predicted octanol–water partition coefficient (Wildman–Crippen LogP) is 4.95. The standard InChI is InChI=1S/C23H20F4N2O4/c1-3-22(2,21(31)32)29-20(30)17-10-18(24)15-6-4-5-7-16(15)19(17)33-12-14-9-8-13(11-28-14)23(25,26)27/h4-11H,3,12H2,1-2H3,(H,29,30)(H,31,32)/t22-/m1/s1. The number of fused-ring (bicyclic) bond motifs is 1. The van der Waals surface area contributed by atoms with E-state index in [0.29, 0.717) is 6.20 Å². The van der Waals surface area contributed by atoms with E-state index in [0.717, 1.165) is 18.2 Å². The molecule has 2 aromatic carbocycles. The van der Waals surface area contributed by atoms with Crippen LogP contribution in [-0.4, -0.2) is 27.5 Å². The van der Waals surface area contributed by atoms with Crippen molar-refractivity contribution in [3.63, 3.8) is 0 Å². The van der Waals surface area contributed by atoms with Gasteiger partial charge in [0.1, 0.15) is 23.7 Å². The minimum atomic E-state index is -4.54. The van der Waals surface area contributed by atoms with Crippen LogP contribution in [-0.2, 0) is 17.6 Å². The highest BCUT2D eigenvalue weighted by atomic mass is 19.4. The Morgan fingerprint density at radius 3 is 2.33 bits per heavy atom. The van der Waals surface area contributed by atoms with Crippen LogP contribution in [0, 0.1) is 5.82 Å². The fraction of sp³-hybridized carbons (Fsp3) is 0.261. The monoisotopic (exact) mass is 464 g/mol. The second-order valence-electron chi connectivity index (χ2n) is 7.55. The zero-order valence-electron chi connectivity index (χ0n) is 17.7. The molecule has 0 saturated carbocycles. The molecule has 0 aliphatic heterocycles. The summed E-state index contributed by atoms with van der Waals surface area (Å²) in [5, 5.41) is 12.2. The number of aromatic nitrogens is 1. The number of benzene rings is 2. The van der Waals surface area contributed by atoms with E-state index in [1.54, 1.807) is 19.1 Å². The Morgan fingerprint density at radius 1 is 1.12 bits per heavy atom. The van der Waals surface area contributed by atoms with Crippen molar-refractivity contribution in [1.29, 1.82) is 0 Å². The van der Waals surface area contributed by atoms with Crippen molar-refractivity contribution >= 4 is 22.6 Å². The topological polar surface area (TPSA) is 88.5 Å². The average molecular weight is 464 g/mol. The van der Waals surface area contributed by atoms with Crippen LogP contribution in [0.4, 0.5) is 17.6 Å². The Morgan fingerprint density at radius 2 is 1.79 bits per heavy atom. The van der Waals surface area contributed by atoms with Crippen molar-refractivity contribution < 1.29 is 37.0 Å². The van der Waals surface area contributed by atoms with Gasteiger partial charge in [-0.05, 0) is 31.5 Å². The van der Waals surface area contributed by atoms with E-state index >= 15 is 0 Å². The lowest BCUT2D eigenvalue weighted by Crippen LogP contribution is -2.51. The molecule has 3 rings (SSSR count). The molecular weight excluding hydrogens is 444 g/mol. The molecule has 0 aliphatic carbocycles. The average Bonchev–Trinajstić information content (AvgIpc) is 2.77. The summed E-state index contributed by atoms with van der Waals surface area (Å²) in [6.45, 7) is 2.58. The second kappa shape index (κ2) is 9.05. The second-order valence-corrected chi connectivity index (χ2v) is 7.55. The third-order valence-corrected chi connectivity index (χ3v) is 5.27. The lowest BCUT2D eigenvalue weighted by molar-refractivity contribution is -0.144. The highest BCUT2D eigenvalue weighted by Crippen LogP contribution is 2.33. The lowest BCUT2D eigenvalue weighted by atomic mass is 9.97. The van der Waals surface area contributed by atoms with Gasteiger partial charge in [0.05, 0.1) is 16.8 Å². The summed E-state index contributed by atoms with van der Waals surface area (Å²) < 4.78 is 58.7. The fourth-order valence-electron chi connectivity index (χ4n) is 3.06. The third-order valence-electron chi connectivity index (χ3n) is 5.27. The lowest BCUT2D eigenvalue weighted by Gasteiger charge is -2.25. The molecule has 1 amide bonds. The molecule has 0 fully saturated rings. The summed E-state index contributed by atoms with van der Waals surface area (Å²) in [7, 11) is 0. The Labute approximate surface area is 186 Å². The quantitative estimate of drug-likeness (QED) is 0.483. The van der Waals surface area contributed by atoms with Crippen LogP contribution in [0.15, 0.2) is 48.7 Å². The number of nitrogens with zero attached hydrogens (tertiary/aromatic N) is 1. The Balaban J connectivity index is 1.99. The molecule has 0 aliphatic rings. The number of carbonyl (C=O) groups is 2. The van der Waals surface area contributed by atoms with Gasteiger partial charge in [-0.3, -0.25) is 9.78 Å². The first-order valence-electron chi connectivity index (χ1n) is 9.88. The van der Waals surface area contributed by atoms with Crippen LogP contribution >= 0.6 is 0 Å². The van der Waals surface area contributed by atoms with Crippen molar-refractivity contribution in [1.82, 2.24) is 10.3 Å². The molecule has 3 aromatic rings. The van der Waals surface area contributed by atoms with Gasteiger partial charge in [0, 0.05) is 17.0 Å². The minimum absolute atomic E-state index is 0.0463. The molecule has 174 valence electrons. The maximum Gasteiger partial charge on any atom is 0.417 e. The predicted molar refractivity (Wildman–Crippen MR) is 111 cm³/mol. The van der Waals surface area contributed by atoms with Gasteiger partial charge >= 0.3 is 12.1 Å². The number of halogens is 4. The van der Waals surface area contributed by atoms with Gasteiger partial charge < -0.3 is 15.2 Å². The van der Waals surface area contributed by atoms with Crippen LogP contribution in [0.3, 0.4) is 0 Å². The van der Waals surface area contributed by atoms with E-state index in [1.165, 1.54) is 19.1 Å². The van der Waals surface area contributed by atoms with Crippen LogP contribution in [0.2, 0.25) is 0 Å². The van der Waals surface area contributed by atoms with Gasteiger partial charge in [0.15, 0.2) is 0 Å². The van der Waals surface area contributed by atoms with Gasteiger partial charge in [0.2, 0.25) is 0 Å². The van der Waals surface area contributed by atoms with E-state index < -0.39 is 35.0 Å². The van der Waals surface area contributed by atoms with Gasteiger partial charge in [-0.1, -0.05) is 31.2 Å². The molecule has 1 atom stereocenters. The largest absolute Gasteiger partial charge is 0.486 e. The van der Waals surface area contributed by atoms with Crippen LogP contribution in [0.25, 0.3) is 10.8 Å². The van der Waals surface area contributed by atoms with E-state index in [4.69, 9.17) is 4.74 Å². The van der Waals surface area contributed by atoms with Gasteiger partial charge in [-0.15, -0.1) is 0 Å². The van der Waals surface area contributed by atoms with Crippen LogP contribution < -0.4 is 10.1 Å². The molecule has 0 saturated heterocycles. The first-order chi connectivity index (χ1) is 15.5. The highest BCUT2D eigenvalue weighted by molar-refractivity contribution is 6.05. The van der Waals surface area contributed by atoms with Crippen molar-refractivity contribution in [3.8, 4) is 5.75 Å². The number of carbonyl (C=O) groups excluding carboxylic acids is 1. The maximum absolute atomic E-state index is 14.7. The summed E-state index contributed by atoms with van der Waals surface area (Å²) in [6, 6.07) is 9.09. The molecule has 0 bridgehead atoms. The number of carboxylic acid groups (broad SMARTS) is 1. The molecule has 33 heavy (non-hydrogen) atoms. The first-order valence-corrected chi connectivity index (χ1v) is 9.88. The summed E-state index contributed by atoms with van der Waals surface area (Å²) >= 11 is 0. The smallest absolute Gasteiger partial charge is 0.417 e. The fourth-order valence-corrected chi connectivity index (χ4v) is 3.06. The number of hydrogen-bond donors (Lipinski definition) is 2. The van der Waals surface area contributed by atoms with Crippen molar-refractivity contribution in [2.75, 3.05) is 0 Å². The number of hydrogen-bond acceptors (Lipinski definition) is 4.